The SMILES string of the molecule is CC1CCCC(c2ccc(C3CCC3c3ccc4ccc(O)c(Cc5ccccc5C5CCOCC5)c4c3)cc2)CC1. The van der Waals surface area contributed by atoms with Gasteiger partial charge in [-0.05, 0) is 113 Å². The van der Waals surface area contributed by atoms with Crippen molar-refractivity contribution in [3.8, 4) is 5.75 Å². The minimum Gasteiger partial charge on any atom is -0.508 e. The monoisotopic (exact) mass is 558 g/mol. The first-order valence-electron chi connectivity index (χ1n) is 16.6. The summed E-state index contributed by atoms with van der Waals surface area (Å²) in [5.41, 5.74) is 8.29. The quantitative estimate of drug-likeness (QED) is 0.239. The fraction of sp³-hybridized carbons (Fsp3) is 0.450. The molecular formula is C40H46O2. The van der Waals surface area contributed by atoms with Crippen LogP contribution in [0, 0.1) is 5.92 Å². The first-order chi connectivity index (χ1) is 20.6. The van der Waals surface area contributed by atoms with Gasteiger partial charge in [-0.2, -0.15) is 0 Å². The van der Waals surface area contributed by atoms with Crippen LogP contribution in [0.15, 0.2) is 78.9 Å². The molecule has 2 heteroatoms. The molecule has 4 unspecified atom stereocenters. The van der Waals surface area contributed by atoms with Crippen molar-refractivity contribution in [1.82, 2.24) is 0 Å². The number of hydrogen-bond acceptors (Lipinski definition) is 2. The lowest BCUT2D eigenvalue weighted by molar-refractivity contribution is 0.0852. The number of hydrogen-bond donors (Lipinski definition) is 1. The smallest absolute Gasteiger partial charge is 0.119 e. The standard InChI is InChI=1S/C40H46O2/c1-27-5-4-7-28(10-9-27)29-11-13-30(14-12-29)36-18-19-37(36)34-16-15-31-17-20-40(41)39(38(31)25-34)26-33-6-2-3-8-35(33)32-21-23-42-24-22-32/h2-3,6,8,11-17,20,25,27-28,32,36-37,41H,4-5,7,9-10,18-19,21-24,26H2,1H3. The molecule has 3 fully saturated rings. The van der Waals surface area contributed by atoms with Crippen LogP contribution < -0.4 is 0 Å². The maximum atomic E-state index is 11.1. The third-order valence-corrected chi connectivity index (χ3v) is 11.0. The Morgan fingerprint density at radius 1 is 0.667 bits per heavy atom. The molecule has 0 spiro atoms. The van der Waals surface area contributed by atoms with Crippen LogP contribution >= 0.6 is 0 Å². The summed E-state index contributed by atoms with van der Waals surface area (Å²) in [5.74, 6) is 3.70. The Morgan fingerprint density at radius 2 is 1.38 bits per heavy atom. The molecule has 3 aliphatic rings. The fourth-order valence-electron chi connectivity index (χ4n) is 8.23. The van der Waals surface area contributed by atoms with E-state index in [2.05, 4.69) is 79.7 Å². The van der Waals surface area contributed by atoms with Gasteiger partial charge in [-0.25, -0.2) is 0 Å². The van der Waals surface area contributed by atoms with Crippen molar-refractivity contribution in [2.24, 2.45) is 5.92 Å². The number of phenols is 1. The maximum Gasteiger partial charge on any atom is 0.119 e. The summed E-state index contributed by atoms with van der Waals surface area (Å²) < 4.78 is 5.65. The van der Waals surface area contributed by atoms with Gasteiger partial charge in [0.2, 0.25) is 0 Å². The molecular weight excluding hydrogens is 512 g/mol. The molecule has 1 aliphatic heterocycles. The van der Waals surface area contributed by atoms with Crippen LogP contribution in [0.25, 0.3) is 10.8 Å². The van der Waals surface area contributed by atoms with Crippen LogP contribution in [0.2, 0.25) is 0 Å². The number of rotatable bonds is 6. The van der Waals surface area contributed by atoms with Crippen molar-refractivity contribution in [2.45, 2.75) is 94.8 Å². The Balaban J connectivity index is 1.14. The lowest BCUT2D eigenvalue weighted by Crippen LogP contribution is -2.22. The summed E-state index contributed by atoms with van der Waals surface area (Å²) >= 11 is 0. The summed E-state index contributed by atoms with van der Waals surface area (Å²) in [6.07, 6.45) is 12.2. The molecule has 42 heavy (non-hydrogen) atoms. The van der Waals surface area contributed by atoms with Crippen LogP contribution in [0.1, 0.15) is 122 Å². The van der Waals surface area contributed by atoms with Crippen LogP contribution in [-0.4, -0.2) is 18.3 Å². The average Bonchev–Trinajstić information content (AvgIpc) is 3.23. The first kappa shape index (κ1) is 27.7. The van der Waals surface area contributed by atoms with E-state index in [0.29, 0.717) is 23.5 Å². The number of aromatic hydroxyl groups is 1. The van der Waals surface area contributed by atoms with Crippen molar-refractivity contribution in [1.29, 1.82) is 0 Å². The van der Waals surface area contributed by atoms with Crippen molar-refractivity contribution < 1.29 is 9.84 Å². The van der Waals surface area contributed by atoms with Gasteiger partial charge in [0.05, 0.1) is 0 Å². The second kappa shape index (κ2) is 12.3. The van der Waals surface area contributed by atoms with Gasteiger partial charge in [0.25, 0.3) is 0 Å². The van der Waals surface area contributed by atoms with Crippen LogP contribution in [0.5, 0.6) is 5.75 Å². The molecule has 0 bridgehead atoms. The van der Waals surface area contributed by atoms with Crippen molar-refractivity contribution in [3.05, 3.63) is 112 Å². The third-order valence-electron chi connectivity index (χ3n) is 11.0. The molecule has 0 aromatic heterocycles. The average molecular weight is 559 g/mol. The van der Waals surface area contributed by atoms with E-state index in [1.54, 1.807) is 5.56 Å². The van der Waals surface area contributed by atoms with Gasteiger partial charge in [0.15, 0.2) is 0 Å². The Morgan fingerprint density at radius 3 is 2.19 bits per heavy atom. The van der Waals surface area contributed by atoms with E-state index in [0.717, 1.165) is 49.9 Å². The van der Waals surface area contributed by atoms with Gasteiger partial charge in [0, 0.05) is 25.2 Å². The van der Waals surface area contributed by atoms with Crippen LogP contribution in [0.3, 0.4) is 0 Å². The highest BCUT2D eigenvalue weighted by Gasteiger charge is 2.33. The topological polar surface area (TPSA) is 29.5 Å². The molecule has 0 radical (unpaired) electrons. The molecule has 1 heterocycles. The zero-order valence-electron chi connectivity index (χ0n) is 25.2. The Labute approximate surface area is 252 Å². The Hall–Kier alpha value is -3.10. The zero-order valence-corrected chi connectivity index (χ0v) is 25.2. The minimum absolute atomic E-state index is 0.412. The minimum atomic E-state index is 0.412. The van der Waals surface area contributed by atoms with Gasteiger partial charge < -0.3 is 9.84 Å². The normalized spacial score (nSPS) is 25.2. The fourth-order valence-corrected chi connectivity index (χ4v) is 8.23. The zero-order chi connectivity index (χ0) is 28.5. The predicted octanol–water partition coefficient (Wildman–Crippen LogP) is 10.4. The van der Waals surface area contributed by atoms with Gasteiger partial charge in [0.1, 0.15) is 5.75 Å². The highest BCUT2D eigenvalue weighted by atomic mass is 16.5. The second-order valence-electron chi connectivity index (χ2n) is 13.6. The van der Waals surface area contributed by atoms with E-state index < -0.39 is 0 Å². The summed E-state index contributed by atoms with van der Waals surface area (Å²) in [4.78, 5) is 0. The summed E-state index contributed by atoms with van der Waals surface area (Å²) in [7, 11) is 0. The van der Waals surface area contributed by atoms with Gasteiger partial charge in [-0.3, -0.25) is 0 Å². The molecule has 1 saturated heterocycles. The number of ether oxygens (including phenoxy) is 1. The number of fused-ring (bicyclic) bond motifs is 1. The largest absolute Gasteiger partial charge is 0.508 e. The molecule has 2 aliphatic carbocycles. The summed E-state index contributed by atoms with van der Waals surface area (Å²) in [6, 6.07) is 29.6. The maximum absolute atomic E-state index is 11.1. The van der Waals surface area contributed by atoms with E-state index in [1.165, 1.54) is 78.0 Å². The van der Waals surface area contributed by atoms with Crippen molar-refractivity contribution >= 4 is 10.8 Å². The second-order valence-corrected chi connectivity index (χ2v) is 13.6. The molecule has 0 amide bonds. The molecule has 1 N–H and O–H groups in total. The Kier molecular flexibility index (Phi) is 8.09. The van der Waals surface area contributed by atoms with Gasteiger partial charge >= 0.3 is 0 Å². The van der Waals surface area contributed by atoms with Crippen LogP contribution in [0.4, 0.5) is 0 Å². The van der Waals surface area contributed by atoms with Crippen molar-refractivity contribution in [2.75, 3.05) is 13.2 Å². The van der Waals surface area contributed by atoms with Crippen molar-refractivity contribution in [3.63, 3.8) is 0 Å². The molecule has 4 aromatic rings. The van der Waals surface area contributed by atoms with Gasteiger partial charge in [-0.1, -0.05) is 99.0 Å². The van der Waals surface area contributed by atoms with E-state index >= 15 is 0 Å². The van der Waals surface area contributed by atoms with E-state index in [4.69, 9.17) is 4.74 Å². The van der Waals surface area contributed by atoms with Gasteiger partial charge in [-0.15, -0.1) is 0 Å². The first-order valence-corrected chi connectivity index (χ1v) is 16.6. The highest BCUT2D eigenvalue weighted by molar-refractivity contribution is 5.89. The lowest BCUT2D eigenvalue weighted by atomic mass is 9.66. The predicted molar refractivity (Wildman–Crippen MR) is 174 cm³/mol. The lowest BCUT2D eigenvalue weighted by Gasteiger charge is -2.38. The highest BCUT2D eigenvalue weighted by Crippen LogP contribution is 2.50. The summed E-state index contributed by atoms with van der Waals surface area (Å²) in [5, 5.41) is 13.6. The molecule has 2 saturated carbocycles. The third kappa shape index (κ3) is 5.63. The number of benzene rings is 4. The van der Waals surface area contributed by atoms with E-state index in [1.807, 2.05) is 6.07 Å². The molecule has 7 rings (SSSR count). The Bertz CT molecular complexity index is 1510. The van der Waals surface area contributed by atoms with E-state index in [-0.39, 0.29) is 0 Å². The molecule has 2 nitrogen and oxygen atoms in total. The summed E-state index contributed by atoms with van der Waals surface area (Å²) in [6.45, 7) is 4.10. The van der Waals surface area contributed by atoms with E-state index in [9.17, 15) is 5.11 Å². The van der Waals surface area contributed by atoms with Crippen LogP contribution in [-0.2, 0) is 11.2 Å². The molecule has 218 valence electrons. The molecule has 4 atom stereocenters. The molecule has 4 aromatic carbocycles. The number of phenolic OH excluding ortho intramolecular Hbond substituents is 1.